The van der Waals surface area contributed by atoms with E-state index in [9.17, 15) is 4.79 Å². The molecule has 0 aromatic carbocycles. The van der Waals surface area contributed by atoms with Crippen LogP contribution in [0.15, 0.2) is 0 Å². The zero-order valence-corrected chi connectivity index (χ0v) is 12.4. The number of carbonyl (C=O) groups is 1. The van der Waals surface area contributed by atoms with Crippen molar-refractivity contribution in [1.82, 2.24) is 0 Å². The van der Waals surface area contributed by atoms with Gasteiger partial charge in [-0.1, -0.05) is 0 Å². The summed E-state index contributed by atoms with van der Waals surface area (Å²) < 4.78 is 5.46. The number of thiol groups is 1. The Morgan fingerprint density at radius 3 is 2.63 bits per heavy atom. The molecule has 4 rings (SSSR count). The number of rotatable bonds is 4. The summed E-state index contributed by atoms with van der Waals surface area (Å²) in [5.74, 6) is 6.54. The van der Waals surface area contributed by atoms with Gasteiger partial charge < -0.3 is 4.74 Å². The molecule has 106 valence electrons. The summed E-state index contributed by atoms with van der Waals surface area (Å²) in [6.45, 7) is 0.566. The first-order valence-corrected chi connectivity index (χ1v) is 8.70. The van der Waals surface area contributed by atoms with Gasteiger partial charge in [-0.2, -0.15) is 12.6 Å². The monoisotopic (exact) mass is 280 g/mol. The minimum atomic E-state index is 0.107. The molecule has 3 heteroatoms. The normalized spacial score (nSPS) is 49.6. The SMILES string of the molecule is O=C(OCCCS)C1CC2CC1C1C3CCC(C3)C21. The molecule has 0 heterocycles. The number of carbonyl (C=O) groups excluding carboxylic acids is 1. The van der Waals surface area contributed by atoms with Crippen LogP contribution in [0.4, 0.5) is 0 Å². The highest BCUT2D eigenvalue weighted by atomic mass is 32.1. The van der Waals surface area contributed by atoms with E-state index in [1.165, 1.54) is 25.7 Å². The molecule has 4 saturated carbocycles. The first-order valence-electron chi connectivity index (χ1n) is 8.07. The van der Waals surface area contributed by atoms with Crippen LogP contribution >= 0.6 is 12.6 Å². The van der Waals surface area contributed by atoms with Crippen molar-refractivity contribution in [1.29, 1.82) is 0 Å². The van der Waals surface area contributed by atoms with E-state index in [-0.39, 0.29) is 11.9 Å². The lowest BCUT2D eigenvalue weighted by atomic mass is 9.67. The summed E-state index contributed by atoms with van der Waals surface area (Å²) in [6.07, 6.45) is 7.74. The second kappa shape index (κ2) is 4.68. The highest BCUT2D eigenvalue weighted by molar-refractivity contribution is 7.80. The molecule has 0 amide bonds. The van der Waals surface area contributed by atoms with Crippen molar-refractivity contribution in [2.45, 2.75) is 38.5 Å². The summed E-state index contributed by atoms with van der Waals surface area (Å²) in [6, 6.07) is 0. The van der Waals surface area contributed by atoms with Crippen molar-refractivity contribution in [3.05, 3.63) is 0 Å². The standard InChI is InChI=1S/C16H24O2S/c17-16(18-4-1-5-19)13-8-11-7-12(13)15-10-3-2-9(6-10)14(11)15/h9-15,19H,1-8H2. The van der Waals surface area contributed by atoms with E-state index in [4.69, 9.17) is 4.74 Å². The van der Waals surface area contributed by atoms with Gasteiger partial charge in [0.15, 0.2) is 0 Å². The first-order chi connectivity index (χ1) is 9.29. The Bertz CT molecular complexity index is 383. The average molecular weight is 280 g/mol. The zero-order chi connectivity index (χ0) is 13.0. The highest BCUT2D eigenvalue weighted by Gasteiger charge is 2.63. The molecule has 0 N–H and O–H groups in total. The third-order valence-corrected chi connectivity index (χ3v) is 6.90. The predicted molar refractivity (Wildman–Crippen MR) is 76.9 cm³/mol. The summed E-state index contributed by atoms with van der Waals surface area (Å²) in [4.78, 5) is 12.3. The van der Waals surface area contributed by atoms with Gasteiger partial charge >= 0.3 is 5.97 Å². The fourth-order valence-electron chi connectivity index (χ4n) is 6.18. The van der Waals surface area contributed by atoms with Crippen LogP contribution < -0.4 is 0 Å². The van der Waals surface area contributed by atoms with Crippen LogP contribution in [-0.2, 0) is 9.53 Å². The summed E-state index contributed by atoms with van der Waals surface area (Å²) in [5, 5.41) is 0. The molecule has 0 aliphatic heterocycles. The fraction of sp³-hybridized carbons (Fsp3) is 0.938. The van der Waals surface area contributed by atoms with E-state index in [1.807, 2.05) is 0 Å². The predicted octanol–water partition coefficient (Wildman–Crippen LogP) is 3.17. The van der Waals surface area contributed by atoms with Crippen LogP contribution in [0, 0.1) is 41.4 Å². The van der Waals surface area contributed by atoms with Crippen LogP contribution in [-0.4, -0.2) is 18.3 Å². The van der Waals surface area contributed by atoms with Gasteiger partial charge in [-0.05, 0) is 79.8 Å². The maximum Gasteiger partial charge on any atom is 0.309 e. The second-order valence-electron chi connectivity index (χ2n) is 7.23. The molecule has 7 atom stereocenters. The Kier molecular flexibility index (Phi) is 3.09. The van der Waals surface area contributed by atoms with Crippen LogP contribution in [0.2, 0.25) is 0 Å². The molecule has 0 radical (unpaired) electrons. The Hall–Kier alpha value is -0.180. The lowest BCUT2D eigenvalue weighted by Crippen LogP contribution is -2.36. The van der Waals surface area contributed by atoms with E-state index in [0.717, 1.165) is 48.2 Å². The lowest BCUT2D eigenvalue weighted by molar-refractivity contribution is -0.152. The largest absolute Gasteiger partial charge is 0.465 e. The number of esters is 1. The Labute approximate surface area is 121 Å². The third kappa shape index (κ3) is 1.80. The molecule has 19 heavy (non-hydrogen) atoms. The van der Waals surface area contributed by atoms with Gasteiger partial charge in [0.2, 0.25) is 0 Å². The highest BCUT2D eigenvalue weighted by Crippen LogP contribution is 2.68. The maximum absolute atomic E-state index is 12.3. The molecule has 4 bridgehead atoms. The molecule has 0 spiro atoms. The molecule has 7 unspecified atom stereocenters. The molecular weight excluding hydrogens is 256 g/mol. The molecule has 0 aromatic heterocycles. The molecule has 4 fully saturated rings. The average Bonchev–Trinajstić information content (AvgIpc) is 3.16. The van der Waals surface area contributed by atoms with Gasteiger partial charge in [0, 0.05) is 0 Å². The van der Waals surface area contributed by atoms with Crippen LogP contribution in [0.3, 0.4) is 0 Å². The van der Waals surface area contributed by atoms with Crippen LogP contribution in [0.1, 0.15) is 38.5 Å². The van der Waals surface area contributed by atoms with E-state index < -0.39 is 0 Å². The van der Waals surface area contributed by atoms with Crippen molar-refractivity contribution in [2.24, 2.45) is 41.4 Å². The van der Waals surface area contributed by atoms with Gasteiger partial charge in [-0.3, -0.25) is 4.79 Å². The fourth-order valence-corrected chi connectivity index (χ4v) is 6.31. The van der Waals surface area contributed by atoms with Gasteiger partial charge in [-0.25, -0.2) is 0 Å². The minimum Gasteiger partial charge on any atom is -0.465 e. The third-order valence-electron chi connectivity index (χ3n) is 6.58. The van der Waals surface area contributed by atoms with Crippen molar-refractivity contribution >= 4 is 18.6 Å². The smallest absolute Gasteiger partial charge is 0.309 e. The number of hydrogen-bond donors (Lipinski definition) is 1. The van der Waals surface area contributed by atoms with Crippen molar-refractivity contribution in [3.8, 4) is 0 Å². The van der Waals surface area contributed by atoms with Gasteiger partial charge in [-0.15, -0.1) is 0 Å². The number of fused-ring (bicyclic) bond motifs is 9. The second-order valence-corrected chi connectivity index (χ2v) is 7.68. The minimum absolute atomic E-state index is 0.107. The van der Waals surface area contributed by atoms with Gasteiger partial charge in [0.25, 0.3) is 0 Å². The van der Waals surface area contributed by atoms with E-state index in [2.05, 4.69) is 12.6 Å². The summed E-state index contributed by atoms with van der Waals surface area (Å²) in [7, 11) is 0. The van der Waals surface area contributed by atoms with Crippen LogP contribution in [0.25, 0.3) is 0 Å². The Balaban J connectivity index is 1.43. The van der Waals surface area contributed by atoms with Gasteiger partial charge in [0.1, 0.15) is 0 Å². The number of hydrogen-bond acceptors (Lipinski definition) is 3. The summed E-state index contributed by atoms with van der Waals surface area (Å²) >= 11 is 4.16. The van der Waals surface area contributed by atoms with Crippen LogP contribution in [0.5, 0.6) is 0 Å². The maximum atomic E-state index is 12.3. The van der Waals surface area contributed by atoms with E-state index in [0.29, 0.717) is 12.5 Å². The molecule has 4 aliphatic rings. The first kappa shape index (κ1) is 12.6. The lowest BCUT2D eigenvalue weighted by Gasteiger charge is -2.37. The molecule has 0 saturated heterocycles. The molecule has 4 aliphatic carbocycles. The summed E-state index contributed by atoms with van der Waals surface area (Å²) in [5.41, 5.74) is 0. The topological polar surface area (TPSA) is 26.3 Å². The molecule has 0 aromatic rings. The molecular formula is C16H24O2S. The Morgan fingerprint density at radius 1 is 1.05 bits per heavy atom. The quantitative estimate of drug-likeness (QED) is 0.370. The van der Waals surface area contributed by atoms with Crippen molar-refractivity contribution in [3.63, 3.8) is 0 Å². The van der Waals surface area contributed by atoms with Gasteiger partial charge in [0.05, 0.1) is 12.5 Å². The Morgan fingerprint density at radius 2 is 1.84 bits per heavy atom. The number of ether oxygens (including phenoxy) is 1. The zero-order valence-electron chi connectivity index (χ0n) is 11.5. The molecule has 2 nitrogen and oxygen atoms in total. The van der Waals surface area contributed by atoms with E-state index >= 15 is 0 Å². The van der Waals surface area contributed by atoms with Crippen molar-refractivity contribution in [2.75, 3.05) is 12.4 Å². The van der Waals surface area contributed by atoms with E-state index in [1.54, 1.807) is 0 Å². The van der Waals surface area contributed by atoms with Crippen molar-refractivity contribution < 1.29 is 9.53 Å².